The molecule has 0 spiro atoms. The molecule has 0 amide bonds. The number of ketones is 1. The van der Waals surface area contributed by atoms with Gasteiger partial charge in [-0.3, -0.25) is 9.59 Å². The molecule has 4 nitrogen and oxygen atoms in total. The Balaban J connectivity index is 2.28. The fourth-order valence-corrected chi connectivity index (χ4v) is 2.61. The summed E-state index contributed by atoms with van der Waals surface area (Å²) in [4.78, 5) is 25.0. The third-order valence-corrected chi connectivity index (χ3v) is 3.92. The number of hydrogen-bond donors (Lipinski definition) is 1. The number of benzene rings is 1. The molecule has 0 aliphatic rings. The first-order chi connectivity index (χ1) is 12.0. The Morgan fingerprint density at radius 3 is 2.52 bits per heavy atom. The maximum atomic E-state index is 12.5. The lowest BCUT2D eigenvalue weighted by Gasteiger charge is -2.02. The normalized spacial score (nSPS) is 10.7. The fourth-order valence-electron chi connectivity index (χ4n) is 2.25. The number of rotatable bonds is 7. The highest BCUT2D eigenvalue weighted by atomic mass is 79.9. The second-order valence-electron chi connectivity index (χ2n) is 5.25. The Morgan fingerprint density at radius 1 is 1.16 bits per heavy atom. The van der Waals surface area contributed by atoms with Crippen molar-refractivity contribution in [2.45, 2.75) is 13.8 Å². The van der Waals surface area contributed by atoms with Crippen molar-refractivity contribution < 1.29 is 9.53 Å². The fraction of sp³-hybridized carbons (Fsp3) is 0.200. The van der Waals surface area contributed by atoms with E-state index in [4.69, 9.17) is 4.74 Å². The van der Waals surface area contributed by atoms with Crippen molar-refractivity contribution in [3.8, 4) is 5.75 Å². The minimum absolute atomic E-state index is 0.120. The number of ether oxygens (including phenoxy) is 1. The van der Waals surface area contributed by atoms with E-state index in [0.717, 1.165) is 11.3 Å². The lowest BCUT2D eigenvalue weighted by molar-refractivity contribution is 0.104. The van der Waals surface area contributed by atoms with Crippen LogP contribution in [0, 0.1) is 0 Å². The van der Waals surface area contributed by atoms with E-state index in [1.165, 1.54) is 6.08 Å². The Bertz CT molecular complexity index is 829. The van der Waals surface area contributed by atoms with Crippen molar-refractivity contribution in [3.05, 3.63) is 74.4 Å². The lowest BCUT2D eigenvalue weighted by atomic mass is 10.1. The zero-order chi connectivity index (χ0) is 18.2. The quantitative estimate of drug-likeness (QED) is 0.546. The first-order valence-electron chi connectivity index (χ1n) is 8.08. The molecule has 0 bridgehead atoms. The zero-order valence-electron chi connectivity index (χ0n) is 14.2. The molecule has 0 heterocycles. The van der Waals surface area contributed by atoms with Gasteiger partial charge >= 0.3 is 0 Å². The van der Waals surface area contributed by atoms with E-state index in [9.17, 15) is 9.59 Å². The summed E-state index contributed by atoms with van der Waals surface area (Å²) in [7, 11) is 0. The summed E-state index contributed by atoms with van der Waals surface area (Å²) in [5.41, 5.74) is 1.07. The number of nitrogens with one attached hydrogen (secondary N) is 1. The van der Waals surface area contributed by atoms with Crippen LogP contribution >= 0.6 is 15.9 Å². The number of carbonyl (C=O) groups is 1. The molecule has 2 aromatic rings. The number of hydrogen-bond acceptors (Lipinski definition) is 4. The highest BCUT2D eigenvalue weighted by Crippen LogP contribution is 2.15. The summed E-state index contributed by atoms with van der Waals surface area (Å²) in [6.07, 6.45) is 3.10. The number of carbonyl (C=O) groups excluding carboxylic acids is 1. The summed E-state index contributed by atoms with van der Waals surface area (Å²) in [5.74, 6) is 0.442. The highest BCUT2D eigenvalue weighted by Gasteiger charge is 2.10. The zero-order valence-corrected chi connectivity index (χ0v) is 15.8. The molecule has 0 radical (unpaired) electrons. The van der Waals surface area contributed by atoms with Gasteiger partial charge in [0.2, 0.25) is 5.43 Å². The van der Waals surface area contributed by atoms with Crippen molar-refractivity contribution in [1.82, 2.24) is 0 Å². The topological polar surface area (TPSA) is 55.4 Å². The number of anilines is 1. The van der Waals surface area contributed by atoms with Crippen LogP contribution in [0.4, 0.5) is 5.69 Å². The van der Waals surface area contributed by atoms with Crippen LogP contribution in [0.3, 0.4) is 0 Å². The van der Waals surface area contributed by atoms with E-state index < -0.39 is 0 Å². The third-order valence-electron chi connectivity index (χ3n) is 3.43. The molecule has 0 aliphatic heterocycles. The second kappa shape index (κ2) is 9.18. The van der Waals surface area contributed by atoms with Crippen LogP contribution < -0.4 is 15.5 Å². The van der Waals surface area contributed by atoms with Crippen molar-refractivity contribution in [1.29, 1.82) is 0 Å². The highest BCUT2D eigenvalue weighted by molar-refractivity contribution is 9.10. The predicted molar refractivity (Wildman–Crippen MR) is 106 cm³/mol. The maximum Gasteiger partial charge on any atom is 0.212 e. The SMILES string of the molecule is CCNc1ccc(Br)cc(C(=O)/C=C/c2ccc(OCC)cc2)c1=O. The monoisotopic (exact) mass is 401 g/mol. The molecule has 25 heavy (non-hydrogen) atoms. The summed E-state index contributed by atoms with van der Waals surface area (Å²) in [6, 6.07) is 12.4. The Kier molecular flexibility index (Phi) is 6.95. The van der Waals surface area contributed by atoms with Crippen LogP contribution in [-0.4, -0.2) is 18.9 Å². The second-order valence-corrected chi connectivity index (χ2v) is 6.16. The van der Waals surface area contributed by atoms with Gasteiger partial charge < -0.3 is 10.1 Å². The summed E-state index contributed by atoms with van der Waals surface area (Å²) in [5, 5.41) is 2.99. The van der Waals surface area contributed by atoms with Gasteiger partial charge in [-0.05, 0) is 55.8 Å². The van der Waals surface area contributed by atoms with Crippen molar-refractivity contribution >= 4 is 33.5 Å². The molecule has 2 aromatic carbocycles. The molecule has 5 heteroatoms. The minimum Gasteiger partial charge on any atom is -0.494 e. The molecule has 0 atom stereocenters. The predicted octanol–water partition coefficient (Wildman–Crippen LogP) is 4.54. The van der Waals surface area contributed by atoms with E-state index in [1.54, 1.807) is 24.3 Å². The van der Waals surface area contributed by atoms with Crippen molar-refractivity contribution in [3.63, 3.8) is 0 Å². The van der Waals surface area contributed by atoms with Gasteiger partial charge in [0.05, 0.1) is 17.9 Å². The molecule has 0 unspecified atom stereocenters. The maximum absolute atomic E-state index is 12.5. The third kappa shape index (κ3) is 5.29. The van der Waals surface area contributed by atoms with E-state index in [0.29, 0.717) is 23.3 Å². The van der Waals surface area contributed by atoms with Gasteiger partial charge in [0.1, 0.15) is 5.75 Å². The van der Waals surface area contributed by atoms with Crippen LogP contribution in [0.1, 0.15) is 29.8 Å². The van der Waals surface area contributed by atoms with Gasteiger partial charge in [0, 0.05) is 11.0 Å². The van der Waals surface area contributed by atoms with Crippen LogP contribution in [0.5, 0.6) is 5.75 Å². The molecule has 130 valence electrons. The van der Waals surface area contributed by atoms with Crippen molar-refractivity contribution in [2.75, 3.05) is 18.5 Å². The van der Waals surface area contributed by atoms with E-state index in [2.05, 4.69) is 21.2 Å². The Labute approximate surface area is 155 Å². The van der Waals surface area contributed by atoms with Crippen molar-refractivity contribution in [2.24, 2.45) is 0 Å². The lowest BCUT2D eigenvalue weighted by Crippen LogP contribution is -2.15. The number of allylic oxidation sites excluding steroid dienone is 1. The van der Waals surface area contributed by atoms with Crippen LogP contribution in [0.2, 0.25) is 0 Å². The summed E-state index contributed by atoms with van der Waals surface area (Å²) < 4.78 is 6.06. The van der Waals surface area contributed by atoms with Gasteiger partial charge in [-0.25, -0.2) is 0 Å². The average Bonchev–Trinajstić information content (AvgIpc) is 2.75. The average molecular weight is 402 g/mol. The molecule has 1 N–H and O–H groups in total. The van der Waals surface area contributed by atoms with E-state index in [1.807, 2.05) is 38.1 Å². The van der Waals surface area contributed by atoms with Gasteiger partial charge in [-0.2, -0.15) is 0 Å². The first kappa shape index (κ1) is 18.9. The van der Waals surface area contributed by atoms with Crippen LogP contribution in [0.15, 0.2) is 57.8 Å². The van der Waals surface area contributed by atoms with Gasteiger partial charge in [-0.1, -0.05) is 34.1 Å². The Hall–Kier alpha value is -2.40. The summed E-state index contributed by atoms with van der Waals surface area (Å²) in [6.45, 7) is 5.03. The first-order valence-corrected chi connectivity index (χ1v) is 8.87. The van der Waals surface area contributed by atoms with E-state index in [-0.39, 0.29) is 16.8 Å². The molecule has 0 saturated carbocycles. The minimum atomic E-state index is -0.338. The van der Waals surface area contributed by atoms with Gasteiger partial charge in [0.25, 0.3) is 0 Å². The largest absolute Gasteiger partial charge is 0.494 e. The van der Waals surface area contributed by atoms with Crippen LogP contribution in [0.25, 0.3) is 6.08 Å². The standard InChI is InChI=1S/C20H20BrNO3/c1-3-22-18-11-8-15(21)13-17(20(18)24)19(23)12-7-14-5-9-16(10-6-14)25-4-2/h5-13H,3-4H2,1-2H3,(H,22,24)/b12-7+. The molecule has 0 aromatic heterocycles. The number of halogens is 1. The molecular weight excluding hydrogens is 382 g/mol. The molecule has 2 rings (SSSR count). The molecular formula is C20H20BrNO3. The van der Waals surface area contributed by atoms with Gasteiger partial charge in [0.15, 0.2) is 5.78 Å². The molecule has 0 aliphatic carbocycles. The van der Waals surface area contributed by atoms with E-state index >= 15 is 0 Å². The Morgan fingerprint density at radius 2 is 1.88 bits per heavy atom. The smallest absolute Gasteiger partial charge is 0.212 e. The molecule has 0 fully saturated rings. The van der Waals surface area contributed by atoms with Gasteiger partial charge in [-0.15, -0.1) is 0 Å². The summed E-state index contributed by atoms with van der Waals surface area (Å²) >= 11 is 3.34. The van der Waals surface area contributed by atoms with Crippen LogP contribution in [-0.2, 0) is 0 Å². The molecule has 0 saturated heterocycles.